The average molecular weight is 172 g/mol. The fraction of sp³-hybridized carbons (Fsp3) is 0.875. The first-order valence-corrected chi connectivity index (χ1v) is 4.27. The third-order valence-electron chi connectivity index (χ3n) is 2.36. The summed E-state index contributed by atoms with van der Waals surface area (Å²) in [6.07, 6.45) is 2.40. The number of hydrogen-bond acceptors (Lipinski definition) is 3. The SMILES string of the molecule is CN(CC(=O)O)C(CN)C1CC1. The number of carboxylic acids is 1. The Kier molecular flexibility index (Phi) is 3.05. The van der Waals surface area contributed by atoms with E-state index < -0.39 is 5.97 Å². The zero-order chi connectivity index (χ0) is 9.14. The molecule has 0 aromatic rings. The molecule has 70 valence electrons. The van der Waals surface area contributed by atoms with Gasteiger partial charge in [0.1, 0.15) is 0 Å². The normalized spacial score (nSPS) is 19.6. The number of hydrogen-bond donors (Lipinski definition) is 2. The third-order valence-corrected chi connectivity index (χ3v) is 2.36. The van der Waals surface area contributed by atoms with Crippen LogP contribution in [0.2, 0.25) is 0 Å². The van der Waals surface area contributed by atoms with Crippen LogP contribution in [0.4, 0.5) is 0 Å². The van der Waals surface area contributed by atoms with Crippen LogP contribution >= 0.6 is 0 Å². The molecule has 1 saturated carbocycles. The molecule has 0 heterocycles. The van der Waals surface area contributed by atoms with Gasteiger partial charge in [0.2, 0.25) is 0 Å². The zero-order valence-corrected chi connectivity index (χ0v) is 7.36. The molecule has 1 unspecified atom stereocenters. The summed E-state index contributed by atoms with van der Waals surface area (Å²) in [5.74, 6) is -0.143. The molecule has 0 aliphatic heterocycles. The molecule has 1 fully saturated rings. The highest BCUT2D eigenvalue weighted by Crippen LogP contribution is 2.34. The predicted molar refractivity (Wildman–Crippen MR) is 45.8 cm³/mol. The monoisotopic (exact) mass is 172 g/mol. The molecule has 4 nitrogen and oxygen atoms in total. The first kappa shape index (κ1) is 9.48. The van der Waals surface area contributed by atoms with E-state index in [1.807, 2.05) is 11.9 Å². The van der Waals surface area contributed by atoms with Crippen molar-refractivity contribution < 1.29 is 9.90 Å². The van der Waals surface area contributed by atoms with Gasteiger partial charge >= 0.3 is 5.97 Å². The molecule has 3 N–H and O–H groups in total. The quantitative estimate of drug-likeness (QED) is 0.599. The molecular formula is C8H16N2O2. The molecule has 0 spiro atoms. The third kappa shape index (κ3) is 2.46. The average Bonchev–Trinajstić information content (AvgIpc) is 2.70. The van der Waals surface area contributed by atoms with Gasteiger partial charge in [-0.2, -0.15) is 0 Å². The van der Waals surface area contributed by atoms with Crippen molar-refractivity contribution in [1.82, 2.24) is 4.90 Å². The van der Waals surface area contributed by atoms with Crippen LogP contribution in [-0.4, -0.2) is 42.2 Å². The van der Waals surface area contributed by atoms with Crippen LogP contribution < -0.4 is 5.73 Å². The van der Waals surface area contributed by atoms with E-state index >= 15 is 0 Å². The van der Waals surface area contributed by atoms with Gasteiger partial charge in [0.25, 0.3) is 0 Å². The van der Waals surface area contributed by atoms with Crippen molar-refractivity contribution in [3.63, 3.8) is 0 Å². The lowest BCUT2D eigenvalue weighted by Crippen LogP contribution is -2.42. The Morgan fingerprint density at radius 1 is 1.75 bits per heavy atom. The van der Waals surface area contributed by atoms with Crippen LogP contribution in [0.15, 0.2) is 0 Å². The molecule has 0 aromatic carbocycles. The Balaban J connectivity index is 2.35. The van der Waals surface area contributed by atoms with Gasteiger partial charge in [0, 0.05) is 12.6 Å². The molecule has 0 amide bonds. The van der Waals surface area contributed by atoms with Gasteiger partial charge in [-0.25, -0.2) is 0 Å². The van der Waals surface area contributed by atoms with Crippen LogP contribution in [0.5, 0.6) is 0 Å². The second kappa shape index (κ2) is 3.87. The number of nitrogens with zero attached hydrogens (tertiary/aromatic N) is 1. The number of carboxylic acid groups (broad SMARTS) is 1. The number of carbonyl (C=O) groups is 1. The van der Waals surface area contributed by atoms with Crippen molar-refractivity contribution in [1.29, 1.82) is 0 Å². The maximum atomic E-state index is 10.4. The summed E-state index contributed by atoms with van der Waals surface area (Å²) in [4.78, 5) is 12.2. The lowest BCUT2D eigenvalue weighted by atomic mass is 10.1. The van der Waals surface area contributed by atoms with E-state index in [0.29, 0.717) is 12.5 Å². The van der Waals surface area contributed by atoms with E-state index in [2.05, 4.69) is 0 Å². The fourth-order valence-corrected chi connectivity index (χ4v) is 1.54. The van der Waals surface area contributed by atoms with E-state index in [1.54, 1.807) is 0 Å². The first-order chi connectivity index (χ1) is 5.65. The predicted octanol–water partition coefficient (Wildman–Crippen LogP) is -0.260. The molecule has 1 rings (SSSR count). The fourth-order valence-electron chi connectivity index (χ4n) is 1.54. The topological polar surface area (TPSA) is 66.6 Å². The summed E-state index contributed by atoms with van der Waals surface area (Å²) < 4.78 is 0. The minimum Gasteiger partial charge on any atom is -0.480 e. The minimum absolute atomic E-state index is 0.0956. The summed E-state index contributed by atoms with van der Waals surface area (Å²) >= 11 is 0. The molecule has 0 bridgehead atoms. The number of rotatable bonds is 5. The van der Waals surface area contributed by atoms with Crippen molar-refractivity contribution in [2.45, 2.75) is 18.9 Å². The van der Waals surface area contributed by atoms with Crippen LogP contribution in [0, 0.1) is 5.92 Å². The van der Waals surface area contributed by atoms with E-state index in [1.165, 1.54) is 12.8 Å². The van der Waals surface area contributed by atoms with Gasteiger partial charge in [0.15, 0.2) is 0 Å². The zero-order valence-electron chi connectivity index (χ0n) is 7.36. The second-order valence-electron chi connectivity index (χ2n) is 3.45. The van der Waals surface area contributed by atoms with Crippen LogP contribution in [0.1, 0.15) is 12.8 Å². The number of aliphatic carboxylic acids is 1. The number of likely N-dealkylation sites (N-methyl/N-ethyl adjacent to an activating group) is 1. The summed E-state index contributed by atoms with van der Waals surface area (Å²) in [5.41, 5.74) is 5.56. The van der Waals surface area contributed by atoms with E-state index in [4.69, 9.17) is 10.8 Å². The molecular weight excluding hydrogens is 156 g/mol. The summed E-state index contributed by atoms with van der Waals surface area (Å²) in [6.45, 7) is 0.660. The Morgan fingerprint density at radius 3 is 2.67 bits per heavy atom. The Labute approximate surface area is 72.3 Å². The highest BCUT2D eigenvalue weighted by atomic mass is 16.4. The van der Waals surface area contributed by atoms with Gasteiger partial charge in [-0.1, -0.05) is 0 Å². The maximum Gasteiger partial charge on any atom is 0.317 e. The van der Waals surface area contributed by atoms with Crippen molar-refractivity contribution in [2.75, 3.05) is 20.1 Å². The van der Waals surface area contributed by atoms with Crippen LogP contribution in [0.3, 0.4) is 0 Å². The molecule has 0 radical (unpaired) electrons. The molecule has 4 heteroatoms. The Hall–Kier alpha value is -0.610. The smallest absolute Gasteiger partial charge is 0.317 e. The lowest BCUT2D eigenvalue weighted by molar-refractivity contribution is -0.138. The van der Waals surface area contributed by atoms with Crippen molar-refractivity contribution in [2.24, 2.45) is 11.7 Å². The molecule has 0 saturated heterocycles. The highest BCUT2D eigenvalue weighted by Gasteiger charge is 2.33. The Bertz CT molecular complexity index is 168. The van der Waals surface area contributed by atoms with Crippen molar-refractivity contribution >= 4 is 5.97 Å². The summed E-state index contributed by atoms with van der Waals surface area (Å²) in [7, 11) is 1.82. The van der Waals surface area contributed by atoms with Crippen LogP contribution in [-0.2, 0) is 4.79 Å². The molecule has 1 aliphatic carbocycles. The molecule has 1 atom stereocenters. The van der Waals surface area contributed by atoms with Crippen molar-refractivity contribution in [3.05, 3.63) is 0 Å². The molecule has 0 aromatic heterocycles. The van der Waals surface area contributed by atoms with Crippen LogP contribution in [0.25, 0.3) is 0 Å². The minimum atomic E-state index is -0.781. The van der Waals surface area contributed by atoms with Gasteiger partial charge in [0.05, 0.1) is 6.54 Å². The molecule has 1 aliphatic rings. The van der Waals surface area contributed by atoms with Gasteiger partial charge in [-0.15, -0.1) is 0 Å². The maximum absolute atomic E-state index is 10.4. The largest absolute Gasteiger partial charge is 0.480 e. The van der Waals surface area contributed by atoms with Gasteiger partial charge < -0.3 is 10.8 Å². The lowest BCUT2D eigenvalue weighted by Gasteiger charge is -2.24. The molecule has 12 heavy (non-hydrogen) atoms. The summed E-state index contributed by atoms with van der Waals surface area (Å²) in [6, 6.07) is 0.265. The van der Waals surface area contributed by atoms with E-state index in [-0.39, 0.29) is 12.6 Å². The highest BCUT2D eigenvalue weighted by molar-refractivity contribution is 5.69. The van der Waals surface area contributed by atoms with E-state index in [9.17, 15) is 4.79 Å². The second-order valence-corrected chi connectivity index (χ2v) is 3.45. The van der Waals surface area contributed by atoms with E-state index in [0.717, 1.165) is 0 Å². The summed E-state index contributed by atoms with van der Waals surface area (Å²) in [5, 5.41) is 8.55. The van der Waals surface area contributed by atoms with Gasteiger partial charge in [-0.05, 0) is 25.8 Å². The van der Waals surface area contributed by atoms with Gasteiger partial charge in [-0.3, -0.25) is 9.69 Å². The number of nitrogens with two attached hydrogens (primary N) is 1. The Morgan fingerprint density at radius 2 is 2.33 bits per heavy atom. The first-order valence-electron chi connectivity index (χ1n) is 4.27. The van der Waals surface area contributed by atoms with Crippen molar-refractivity contribution in [3.8, 4) is 0 Å². The standard InChI is InChI=1S/C8H16N2O2/c1-10(5-8(11)12)7(4-9)6-2-3-6/h6-7H,2-5,9H2,1H3,(H,11,12).